The van der Waals surface area contributed by atoms with E-state index in [1.165, 1.54) is 6.21 Å². The van der Waals surface area contributed by atoms with E-state index in [1.807, 2.05) is 25.1 Å². The average Bonchev–Trinajstić information content (AvgIpc) is 2.79. The number of halogens is 1. The molecule has 0 fully saturated rings. The minimum Gasteiger partial charge on any atom is -0.423 e. The Morgan fingerprint density at radius 2 is 1.59 bits per heavy atom. The van der Waals surface area contributed by atoms with Gasteiger partial charge in [0, 0.05) is 10.0 Å². The van der Waals surface area contributed by atoms with Gasteiger partial charge in [0.1, 0.15) is 5.75 Å². The SMILES string of the molecule is Cc1ccccc1C(=O)NCC(=O)N/N=C/c1ccc(OC(=O)c2ccccc2Br)cc1. The summed E-state index contributed by atoms with van der Waals surface area (Å²) >= 11 is 3.32. The second-order valence-corrected chi connectivity index (χ2v) is 7.58. The second kappa shape index (κ2) is 11.0. The van der Waals surface area contributed by atoms with Gasteiger partial charge in [0.2, 0.25) is 0 Å². The largest absolute Gasteiger partial charge is 0.423 e. The number of hydrogen-bond acceptors (Lipinski definition) is 5. The van der Waals surface area contributed by atoms with Crippen LogP contribution in [0.5, 0.6) is 5.75 Å². The van der Waals surface area contributed by atoms with Gasteiger partial charge in [-0.3, -0.25) is 9.59 Å². The van der Waals surface area contributed by atoms with Crippen LogP contribution in [0.4, 0.5) is 0 Å². The van der Waals surface area contributed by atoms with Crippen LogP contribution in [0.2, 0.25) is 0 Å². The molecule has 0 atom stereocenters. The number of rotatable bonds is 7. The zero-order chi connectivity index (χ0) is 22.9. The van der Waals surface area contributed by atoms with E-state index in [4.69, 9.17) is 4.74 Å². The molecule has 3 rings (SSSR count). The lowest BCUT2D eigenvalue weighted by atomic mass is 10.1. The highest BCUT2D eigenvalue weighted by atomic mass is 79.9. The van der Waals surface area contributed by atoms with E-state index < -0.39 is 11.9 Å². The van der Waals surface area contributed by atoms with E-state index >= 15 is 0 Å². The number of hydrazone groups is 1. The predicted octanol–water partition coefficient (Wildman–Crippen LogP) is 3.86. The summed E-state index contributed by atoms with van der Waals surface area (Å²) in [7, 11) is 0. The van der Waals surface area contributed by atoms with E-state index in [0.29, 0.717) is 26.9 Å². The lowest BCUT2D eigenvalue weighted by Gasteiger charge is -2.07. The van der Waals surface area contributed by atoms with Gasteiger partial charge in [-0.2, -0.15) is 5.10 Å². The minimum absolute atomic E-state index is 0.200. The molecule has 0 spiro atoms. The van der Waals surface area contributed by atoms with Crippen LogP contribution < -0.4 is 15.5 Å². The molecule has 0 aliphatic heterocycles. The first kappa shape index (κ1) is 22.9. The Bertz CT molecular complexity index is 1160. The monoisotopic (exact) mass is 493 g/mol. The van der Waals surface area contributed by atoms with Crippen molar-refractivity contribution in [3.8, 4) is 5.75 Å². The van der Waals surface area contributed by atoms with Crippen molar-refractivity contribution < 1.29 is 19.1 Å². The molecule has 0 unspecified atom stereocenters. The molecule has 3 aromatic carbocycles. The average molecular weight is 494 g/mol. The number of esters is 1. The smallest absolute Gasteiger partial charge is 0.344 e. The molecule has 0 aromatic heterocycles. The van der Waals surface area contributed by atoms with Crippen molar-refractivity contribution in [2.75, 3.05) is 6.54 Å². The van der Waals surface area contributed by atoms with Crippen molar-refractivity contribution in [1.29, 1.82) is 0 Å². The van der Waals surface area contributed by atoms with Gasteiger partial charge >= 0.3 is 5.97 Å². The highest BCUT2D eigenvalue weighted by Crippen LogP contribution is 2.19. The Balaban J connectivity index is 1.47. The Hall–Kier alpha value is -3.78. The zero-order valence-corrected chi connectivity index (χ0v) is 18.8. The van der Waals surface area contributed by atoms with Crippen LogP contribution in [0.15, 0.2) is 82.4 Å². The standard InChI is InChI=1S/C24H20BrN3O4/c1-16-6-2-3-7-19(16)23(30)26-15-22(29)28-27-14-17-10-12-18(13-11-17)32-24(31)20-8-4-5-9-21(20)25/h2-14H,15H2,1H3,(H,26,30)(H,28,29)/b27-14+. The maximum Gasteiger partial charge on any atom is 0.344 e. The number of nitrogens with one attached hydrogen (secondary N) is 2. The van der Waals surface area contributed by atoms with Crippen LogP contribution in [0, 0.1) is 6.92 Å². The summed E-state index contributed by atoms with van der Waals surface area (Å²) in [5, 5.41) is 6.42. The van der Waals surface area contributed by atoms with E-state index in [0.717, 1.165) is 5.56 Å². The number of hydrogen-bond donors (Lipinski definition) is 2. The van der Waals surface area contributed by atoms with E-state index in [1.54, 1.807) is 54.6 Å². The highest BCUT2D eigenvalue weighted by Gasteiger charge is 2.12. The highest BCUT2D eigenvalue weighted by molar-refractivity contribution is 9.10. The summed E-state index contributed by atoms with van der Waals surface area (Å²) in [5.74, 6) is -0.873. The first-order valence-electron chi connectivity index (χ1n) is 9.66. The lowest BCUT2D eigenvalue weighted by molar-refractivity contribution is -0.120. The maximum absolute atomic E-state index is 12.2. The first-order valence-corrected chi connectivity index (χ1v) is 10.5. The Kier molecular flexibility index (Phi) is 7.88. The molecule has 162 valence electrons. The number of nitrogens with zero attached hydrogens (tertiary/aromatic N) is 1. The van der Waals surface area contributed by atoms with Crippen molar-refractivity contribution in [2.24, 2.45) is 5.10 Å². The number of ether oxygens (including phenoxy) is 1. The topological polar surface area (TPSA) is 96.9 Å². The third-order valence-corrected chi connectivity index (χ3v) is 5.08. The molecule has 32 heavy (non-hydrogen) atoms. The number of carbonyl (C=O) groups excluding carboxylic acids is 3. The molecule has 8 heteroatoms. The fraction of sp³-hybridized carbons (Fsp3) is 0.0833. The van der Waals surface area contributed by atoms with Crippen molar-refractivity contribution in [3.05, 3.63) is 99.5 Å². The lowest BCUT2D eigenvalue weighted by Crippen LogP contribution is -2.35. The molecule has 7 nitrogen and oxygen atoms in total. The van der Waals surface area contributed by atoms with Gasteiger partial charge in [-0.05, 0) is 76.4 Å². The summed E-state index contributed by atoms with van der Waals surface area (Å²) < 4.78 is 6.01. The van der Waals surface area contributed by atoms with Crippen LogP contribution in [0.25, 0.3) is 0 Å². The first-order chi connectivity index (χ1) is 15.4. The Morgan fingerprint density at radius 3 is 2.28 bits per heavy atom. The third-order valence-electron chi connectivity index (χ3n) is 4.39. The predicted molar refractivity (Wildman–Crippen MR) is 125 cm³/mol. The molecule has 0 aliphatic carbocycles. The molecule has 0 heterocycles. The summed E-state index contributed by atoms with van der Waals surface area (Å²) in [5.41, 5.74) is 4.81. The molecule has 0 radical (unpaired) electrons. The van der Waals surface area contributed by atoms with Crippen molar-refractivity contribution in [1.82, 2.24) is 10.7 Å². The number of amides is 2. The summed E-state index contributed by atoms with van der Waals surface area (Å²) in [4.78, 5) is 36.2. The van der Waals surface area contributed by atoms with Gasteiger partial charge in [-0.15, -0.1) is 0 Å². The summed E-state index contributed by atoms with van der Waals surface area (Å²) in [6.45, 7) is 1.63. The van der Waals surface area contributed by atoms with Gasteiger partial charge in [-0.1, -0.05) is 30.3 Å². The summed E-state index contributed by atoms with van der Waals surface area (Å²) in [6.07, 6.45) is 1.44. The Labute approximate surface area is 193 Å². The van der Waals surface area contributed by atoms with Crippen LogP contribution in [0.3, 0.4) is 0 Å². The third kappa shape index (κ3) is 6.36. The van der Waals surface area contributed by atoms with Crippen LogP contribution >= 0.6 is 15.9 Å². The molecular formula is C24H20BrN3O4. The zero-order valence-electron chi connectivity index (χ0n) is 17.2. The van der Waals surface area contributed by atoms with E-state index in [2.05, 4.69) is 31.8 Å². The van der Waals surface area contributed by atoms with E-state index in [9.17, 15) is 14.4 Å². The molecular weight excluding hydrogens is 474 g/mol. The molecule has 2 amide bonds. The minimum atomic E-state index is -0.473. The van der Waals surface area contributed by atoms with Gasteiger partial charge < -0.3 is 10.1 Å². The van der Waals surface area contributed by atoms with Crippen molar-refractivity contribution >= 4 is 39.9 Å². The Morgan fingerprint density at radius 1 is 0.938 bits per heavy atom. The van der Waals surface area contributed by atoms with Crippen LogP contribution in [0.1, 0.15) is 31.8 Å². The van der Waals surface area contributed by atoms with E-state index in [-0.39, 0.29) is 12.5 Å². The molecule has 3 aromatic rings. The van der Waals surface area contributed by atoms with Crippen molar-refractivity contribution in [2.45, 2.75) is 6.92 Å². The van der Waals surface area contributed by atoms with Crippen LogP contribution in [-0.4, -0.2) is 30.5 Å². The normalized spacial score (nSPS) is 10.6. The van der Waals surface area contributed by atoms with Gasteiger partial charge in [0.05, 0.1) is 18.3 Å². The van der Waals surface area contributed by atoms with Gasteiger partial charge in [0.15, 0.2) is 0 Å². The molecule has 0 saturated heterocycles. The van der Waals surface area contributed by atoms with Crippen LogP contribution in [-0.2, 0) is 4.79 Å². The fourth-order valence-electron chi connectivity index (χ4n) is 2.71. The van der Waals surface area contributed by atoms with Crippen molar-refractivity contribution in [3.63, 3.8) is 0 Å². The maximum atomic E-state index is 12.2. The molecule has 2 N–H and O–H groups in total. The number of aryl methyl sites for hydroxylation is 1. The number of benzene rings is 3. The fourth-order valence-corrected chi connectivity index (χ4v) is 3.16. The second-order valence-electron chi connectivity index (χ2n) is 6.73. The molecule has 0 aliphatic rings. The van der Waals surface area contributed by atoms with Gasteiger partial charge in [-0.25, -0.2) is 10.2 Å². The summed E-state index contributed by atoms with van der Waals surface area (Å²) in [6, 6.07) is 20.8. The quantitative estimate of drug-likeness (QED) is 0.226. The van der Waals surface area contributed by atoms with Gasteiger partial charge in [0.25, 0.3) is 11.8 Å². The number of carbonyl (C=O) groups is 3. The molecule has 0 saturated carbocycles. The molecule has 0 bridgehead atoms.